The van der Waals surface area contributed by atoms with Gasteiger partial charge in [-0.1, -0.05) is 0 Å². The molecule has 1 N–H and O–H groups in total. The first kappa shape index (κ1) is 13.5. The van der Waals surface area contributed by atoms with Gasteiger partial charge in [0.25, 0.3) is 0 Å². The van der Waals surface area contributed by atoms with E-state index in [0.29, 0.717) is 6.54 Å². The molecule has 0 saturated carbocycles. The molecule has 0 aliphatic rings. The summed E-state index contributed by atoms with van der Waals surface area (Å²) in [7, 11) is 0. The third kappa shape index (κ3) is 3.76. The molecule has 4 nitrogen and oxygen atoms in total. The van der Waals surface area contributed by atoms with Crippen molar-refractivity contribution in [2.75, 3.05) is 6.54 Å². The van der Waals surface area contributed by atoms with Crippen LogP contribution in [0.1, 0.15) is 10.4 Å². The van der Waals surface area contributed by atoms with Crippen molar-refractivity contribution >= 4 is 27.3 Å². The number of aryl methyl sites for hydroxylation is 1. The van der Waals surface area contributed by atoms with E-state index >= 15 is 0 Å². The van der Waals surface area contributed by atoms with E-state index < -0.39 is 0 Å². The summed E-state index contributed by atoms with van der Waals surface area (Å²) in [4.78, 5) is 16.5. The lowest BCUT2D eigenvalue weighted by atomic mass is 10.4. The van der Waals surface area contributed by atoms with Crippen molar-refractivity contribution in [1.29, 1.82) is 0 Å². The van der Waals surface area contributed by atoms with Crippen LogP contribution >= 0.6 is 27.3 Å². The van der Waals surface area contributed by atoms with Crippen molar-refractivity contribution in [3.8, 4) is 0 Å². The standard InChI is InChI=1S/C12H14BrN3OS/c1-9-5-15-12(17)16(7-9)3-2-14-6-11-4-10(13)8-18-11/h4-5,7-8,14H,2-3,6H2,1H3. The monoisotopic (exact) mass is 327 g/mol. The third-order valence-corrected chi connectivity index (χ3v) is 4.13. The van der Waals surface area contributed by atoms with E-state index in [0.717, 1.165) is 23.1 Å². The number of aromatic nitrogens is 2. The fraction of sp³-hybridized carbons (Fsp3) is 0.333. The summed E-state index contributed by atoms with van der Waals surface area (Å²) < 4.78 is 2.75. The fourth-order valence-corrected chi connectivity index (χ4v) is 3.00. The van der Waals surface area contributed by atoms with Crippen LogP contribution in [0.2, 0.25) is 0 Å². The first-order chi connectivity index (χ1) is 8.65. The molecule has 96 valence electrons. The van der Waals surface area contributed by atoms with Crippen LogP contribution in [-0.4, -0.2) is 16.1 Å². The average Bonchev–Trinajstić information content (AvgIpc) is 2.75. The van der Waals surface area contributed by atoms with E-state index in [9.17, 15) is 4.79 Å². The second-order valence-corrected chi connectivity index (χ2v) is 5.93. The predicted octanol–water partition coefficient (Wildman–Crippen LogP) is 2.17. The molecule has 0 aliphatic carbocycles. The zero-order valence-electron chi connectivity index (χ0n) is 10.0. The number of nitrogens with one attached hydrogen (secondary N) is 1. The van der Waals surface area contributed by atoms with Gasteiger partial charge in [0, 0.05) is 46.8 Å². The van der Waals surface area contributed by atoms with Gasteiger partial charge in [-0.2, -0.15) is 0 Å². The quantitative estimate of drug-likeness (QED) is 0.856. The van der Waals surface area contributed by atoms with E-state index in [-0.39, 0.29) is 5.69 Å². The highest BCUT2D eigenvalue weighted by atomic mass is 79.9. The smallest absolute Gasteiger partial charge is 0.310 e. The Balaban J connectivity index is 1.82. The molecule has 0 fully saturated rings. The molecule has 0 spiro atoms. The summed E-state index contributed by atoms with van der Waals surface area (Å²) in [5, 5.41) is 5.37. The van der Waals surface area contributed by atoms with Gasteiger partial charge in [-0.05, 0) is 34.5 Å². The second kappa shape index (κ2) is 6.26. The maximum absolute atomic E-state index is 11.5. The summed E-state index contributed by atoms with van der Waals surface area (Å²) in [6, 6.07) is 2.10. The first-order valence-electron chi connectivity index (χ1n) is 5.62. The lowest BCUT2D eigenvalue weighted by Gasteiger charge is -2.06. The number of hydrogen-bond donors (Lipinski definition) is 1. The van der Waals surface area contributed by atoms with E-state index in [1.165, 1.54) is 4.88 Å². The van der Waals surface area contributed by atoms with E-state index in [2.05, 4.69) is 37.7 Å². The highest BCUT2D eigenvalue weighted by Gasteiger charge is 1.99. The second-order valence-electron chi connectivity index (χ2n) is 4.02. The van der Waals surface area contributed by atoms with Crippen LogP contribution in [0.4, 0.5) is 0 Å². The maximum atomic E-state index is 11.5. The van der Waals surface area contributed by atoms with Crippen LogP contribution in [0.3, 0.4) is 0 Å². The third-order valence-electron chi connectivity index (χ3n) is 2.43. The highest BCUT2D eigenvalue weighted by molar-refractivity contribution is 9.10. The minimum absolute atomic E-state index is 0.193. The van der Waals surface area contributed by atoms with Crippen molar-refractivity contribution in [2.24, 2.45) is 0 Å². The lowest BCUT2D eigenvalue weighted by molar-refractivity contribution is 0.576. The van der Waals surface area contributed by atoms with Gasteiger partial charge in [0.2, 0.25) is 0 Å². The fourth-order valence-electron chi connectivity index (χ4n) is 1.58. The van der Waals surface area contributed by atoms with Gasteiger partial charge in [0.15, 0.2) is 0 Å². The summed E-state index contributed by atoms with van der Waals surface area (Å²) in [6.45, 7) is 4.14. The zero-order chi connectivity index (χ0) is 13.0. The molecular weight excluding hydrogens is 314 g/mol. The van der Waals surface area contributed by atoms with Gasteiger partial charge in [-0.15, -0.1) is 11.3 Å². The molecule has 0 radical (unpaired) electrons. The van der Waals surface area contributed by atoms with Crippen molar-refractivity contribution < 1.29 is 0 Å². The normalized spacial score (nSPS) is 10.8. The van der Waals surface area contributed by atoms with E-state index in [1.807, 2.05) is 13.1 Å². The number of nitrogens with zero attached hydrogens (tertiary/aromatic N) is 2. The van der Waals surface area contributed by atoms with Gasteiger partial charge in [-0.25, -0.2) is 9.78 Å². The molecule has 0 bridgehead atoms. The van der Waals surface area contributed by atoms with E-state index in [1.54, 1.807) is 22.1 Å². The number of hydrogen-bond acceptors (Lipinski definition) is 4. The minimum Gasteiger partial charge on any atom is -0.310 e. The molecule has 0 unspecified atom stereocenters. The topological polar surface area (TPSA) is 46.9 Å². The predicted molar refractivity (Wildman–Crippen MR) is 77.0 cm³/mol. The number of rotatable bonds is 5. The van der Waals surface area contributed by atoms with Crippen molar-refractivity contribution in [2.45, 2.75) is 20.0 Å². The summed E-state index contributed by atoms with van der Waals surface area (Å²) >= 11 is 5.14. The Bertz CT molecular complexity index is 579. The molecule has 2 heterocycles. The summed E-state index contributed by atoms with van der Waals surface area (Å²) in [6.07, 6.45) is 3.42. The molecule has 18 heavy (non-hydrogen) atoms. The number of thiophene rings is 1. The van der Waals surface area contributed by atoms with Crippen LogP contribution < -0.4 is 11.0 Å². The maximum Gasteiger partial charge on any atom is 0.347 e. The minimum atomic E-state index is -0.193. The van der Waals surface area contributed by atoms with Crippen molar-refractivity contribution in [3.63, 3.8) is 0 Å². The molecule has 0 atom stereocenters. The number of halogens is 1. The molecule has 2 aromatic heterocycles. The molecule has 2 aromatic rings. The van der Waals surface area contributed by atoms with Gasteiger partial charge >= 0.3 is 5.69 Å². The van der Waals surface area contributed by atoms with Crippen LogP contribution in [-0.2, 0) is 13.1 Å². The van der Waals surface area contributed by atoms with Gasteiger partial charge in [0.05, 0.1) is 0 Å². The Kier molecular flexibility index (Phi) is 4.68. The molecule has 6 heteroatoms. The van der Waals surface area contributed by atoms with Crippen molar-refractivity contribution in [1.82, 2.24) is 14.9 Å². The largest absolute Gasteiger partial charge is 0.347 e. The molecule has 0 saturated heterocycles. The summed E-state index contributed by atoms with van der Waals surface area (Å²) in [5.74, 6) is 0. The van der Waals surface area contributed by atoms with Crippen LogP contribution in [0.5, 0.6) is 0 Å². The van der Waals surface area contributed by atoms with Gasteiger partial charge in [0.1, 0.15) is 0 Å². The Hall–Kier alpha value is -0.980. The SMILES string of the molecule is Cc1cnc(=O)n(CCNCc2cc(Br)cs2)c1. The average molecular weight is 328 g/mol. The molecule has 0 amide bonds. The van der Waals surface area contributed by atoms with E-state index in [4.69, 9.17) is 0 Å². The Morgan fingerprint density at radius 1 is 1.56 bits per heavy atom. The van der Waals surface area contributed by atoms with Gasteiger partial charge < -0.3 is 5.32 Å². The zero-order valence-corrected chi connectivity index (χ0v) is 12.4. The molecule has 0 aliphatic heterocycles. The highest BCUT2D eigenvalue weighted by Crippen LogP contribution is 2.19. The van der Waals surface area contributed by atoms with Crippen molar-refractivity contribution in [3.05, 3.63) is 49.2 Å². The Labute approximate surface area is 118 Å². The van der Waals surface area contributed by atoms with Crippen LogP contribution in [0.25, 0.3) is 0 Å². The van der Waals surface area contributed by atoms with Crippen LogP contribution in [0.15, 0.2) is 33.1 Å². The first-order valence-corrected chi connectivity index (χ1v) is 7.29. The lowest BCUT2D eigenvalue weighted by Crippen LogP contribution is -2.28. The van der Waals surface area contributed by atoms with Gasteiger partial charge in [-0.3, -0.25) is 4.57 Å². The molecule has 2 rings (SSSR count). The Morgan fingerprint density at radius 2 is 2.39 bits per heavy atom. The molecule has 0 aromatic carbocycles. The Morgan fingerprint density at radius 3 is 3.11 bits per heavy atom. The summed E-state index contributed by atoms with van der Waals surface area (Å²) in [5.41, 5.74) is 0.804. The van der Waals surface area contributed by atoms with Crippen LogP contribution in [0, 0.1) is 6.92 Å². The molecular formula is C12H14BrN3OS.